The smallest absolute Gasteiger partial charge is 0.123 e. The Morgan fingerprint density at radius 2 is 2.10 bits per heavy atom. The number of nitrogens with zero attached hydrogens (tertiary/aromatic N) is 4. The lowest BCUT2D eigenvalue weighted by Crippen LogP contribution is -1.98. The Morgan fingerprint density at radius 1 is 1.25 bits per heavy atom. The van der Waals surface area contributed by atoms with E-state index in [9.17, 15) is 0 Å². The summed E-state index contributed by atoms with van der Waals surface area (Å²) in [7, 11) is 0. The lowest BCUT2D eigenvalue weighted by atomic mass is 10.2. The van der Waals surface area contributed by atoms with Crippen LogP contribution < -0.4 is 5.32 Å². The minimum atomic E-state index is 0.795. The number of benzene rings is 1. The number of hydrogen-bond acceptors (Lipinski definition) is 5. The van der Waals surface area contributed by atoms with E-state index in [1.165, 1.54) is 9.88 Å². The zero-order valence-corrected chi connectivity index (χ0v) is 12.0. The van der Waals surface area contributed by atoms with E-state index < -0.39 is 0 Å². The van der Waals surface area contributed by atoms with Crippen LogP contribution in [0.5, 0.6) is 0 Å². The van der Waals surface area contributed by atoms with Crippen molar-refractivity contribution in [2.45, 2.75) is 19.9 Å². The minimum absolute atomic E-state index is 0.795. The summed E-state index contributed by atoms with van der Waals surface area (Å²) in [6, 6.07) is 8.17. The van der Waals surface area contributed by atoms with Crippen LogP contribution in [0.4, 0.5) is 5.69 Å². The first kappa shape index (κ1) is 12.8. The molecule has 1 N–H and O–H groups in total. The van der Waals surface area contributed by atoms with Crippen molar-refractivity contribution in [3.05, 3.63) is 53.0 Å². The summed E-state index contributed by atoms with van der Waals surface area (Å²) in [5, 5.41) is 12.2. The van der Waals surface area contributed by atoms with Gasteiger partial charge in [0.1, 0.15) is 12.7 Å². The van der Waals surface area contributed by atoms with Gasteiger partial charge in [-0.3, -0.25) is 4.57 Å². The second kappa shape index (κ2) is 5.83. The maximum Gasteiger partial charge on any atom is 0.123 e. The molecule has 0 spiro atoms. The second-order valence-corrected chi connectivity index (χ2v) is 5.55. The second-order valence-electron chi connectivity index (χ2n) is 4.35. The maximum atomic E-state index is 4.36. The number of hydrogen-bond donors (Lipinski definition) is 1. The summed E-state index contributed by atoms with van der Waals surface area (Å²) < 4.78 is 1.88. The minimum Gasteiger partial charge on any atom is -0.380 e. The molecule has 3 rings (SSSR count). The summed E-state index contributed by atoms with van der Waals surface area (Å²) in [4.78, 5) is 5.61. The summed E-state index contributed by atoms with van der Waals surface area (Å²) in [6.07, 6.45) is 6.32. The number of anilines is 1. The van der Waals surface area contributed by atoms with Gasteiger partial charge in [0.05, 0.1) is 17.2 Å². The van der Waals surface area contributed by atoms with Crippen LogP contribution >= 0.6 is 11.3 Å². The van der Waals surface area contributed by atoms with Crippen LogP contribution in [0.25, 0.3) is 5.69 Å². The van der Waals surface area contributed by atoms with Crippen LogP contribution in [0.1, 0.15) is 16.8 Å². The van der Waals surface area contributed by atoms with E-state index in [0.29, 0.717) is 0 Å². The zero-order chi connectivity index (χ0) is 13.8. The molecular weight excluding hydrogens is 270 g/mol. The van der Waals surface area contributed by atoms with Gasteiger partial charge in [-0.15, -0.1) is 21.5 Å². The molecule has 20 heavy (non-hydrogen) atoms. The first-order chi connectivity index (χ1) is 9.85. The summed E-state index contributed by atoms with van der Waals surface area (Å²) in [5.41, 5.74) is 2.11. The Bertz CT molecular complexity index is 674. The third-order valence-electron chi connectivity index (χ3n) is 2.93. The van der Waals surface area contributed by atoms with Crippen LogP contribution in [0.15, 0.2) is 43.1 Å². The van der Waals surface area contributed by atoms with E-state index in [0.717, 1.165) is 24.3 Å². The lowest BCUT2D eigenvalue weighted by molar-refractivity contribution is 1.05. The Kier molecular flexibility index (Phi) is 3.73. The standard InChI is InChI=1S/C14H15N5S/c1-2-14-16-8-13(20-14)7-15-11-4-3-5-12(6-11)19-9-17-18-10-19/h3-6,8-10,15H,2,7H2,1H3. The van der Waals surface area contributed by atoms with E-state index in [2.05, 4.69) is 39.6 Å². The maximum absolute atomic E-state index is 4.36. The molecule has 0 aliphatic rings. The van der Waals surface area contributed by atoms with Gasteiger partial charge in [0.2, 0.25) is 0 Å². The van der Waals surface area contributed by atoms with E-state index in [-0.39, 0.29) is 0 Å². The highest BCUT2D eigenvalue weighted by atomic mass is 32.1. The molecule has 0 radical (unpaired) electrons. The van der Waals surface area contributed by atoms with Gasteiger partial charge in [0.15, 0.2) is 0 Å². The van der Waals surface area contributed by atoms with Gasteiger partial charge in [0, 0.05) is 16.8 Å². The Morgan fingerprint density at radius 3 is 2.85 bits per heavy atom. The Hall–Kier alpha value is -2.21. The molecule has 0 unspecified atom stereocenters. The van der Waals surface area contributed by atoms with Crippen molar-refractivity contribution in [1.29, 1.82) is 0 Å². The van der Waals surface area contributed by atoms with Crippen LogP contribution in [-0.4, -0.2) is 19.7 Å². The van der Waals surface area contributed by atoms with Crippen LogP contribution in [0.3, 0.4) is 0 Å². The lowest BCUT2D eigenvalue weighted by Gasteiger charge is -2.07. The predicted molar refractivity (Wildman–Crippen MR) is 80.2 cm³/mol. The topological polar surface area (TPSA) is 55.6 Å². The van der Waals surface area contributed by atoms with Crippen molar-refractivity contribution in [3.63, 3.8) is 0 Å². The molecule has 2 heterocycles. The molecule has 0 amide bonds. The number of aryl methyl sites for hydroxylation is 1. The third kappa shape index (κ3) is 2.85. The van der Waals surface area contributed by atoms with Gasteiger partial charge >= 0.3 is 0 Å². The number of rotatable bonds is 5. The summed E-state index contributed by atoms with van der Waals surface area (Å²) in [6.45, 7) is 2.92. The molecule has 0 aliphatic carbocycles. The Labute approximate surface area is 121 Å². The molecule has 0 atom stereocenters. The normalized spacial score (nSPS) is 10.7. The van der Waals surface area contributed by atoms with Gasteiger partial charge in [-0.25, -0.2) is 4.98 Å². The van der Waals surface area contributed by atoms with Crippen LogP contribution in [0.2, 0.25) is 0 Å². The van der Waals surface area contributed by atoms with E-state index in [4.69, 9.17) is 0 Å². The fourth-order valence-electron chi connectivity index (χ4n) is 1.89. The fourth-order valence-corrected chi connectivity index (χ4v) is 2.70. The highest BCUT2D eigenvalue weighted by Crippen LogP contribution is 2.18. The number of nitrogens with one attached hydrogen (secondary N) is 1. The predicted octanol–water partition coefficient (Wildman–Crippen LogP) is 2.90. The van der Waals surface area contributed by atoms with E-state index in [1.807, 2.05) is 22.9 Å². The quantitative estimate of drug-likeness (QED) is 0.783. The number of aromatic nitrogens is 4. The fraction of sp³-hybridized carbons (Fsp3) is 0.214. The summed E-state index contributed by atoms with van der Waals surface area (Å²) in [5.74, 6) is 0. The first-order valence-corrected chi connectivity index (χ1v) is 7.29. The Balaban J connectivity index is 1.70. The number of thiazole rings is 1. The molecule has 0 aliphatic heterocycles. The first-order valence-electron chi connectivity index (χ1n) is 6.47. The van der Waals surface area contributed by atoms with E-state index >= 15 is 0 Å². The van der Waals surface area contributed by atoms with Crippen molar-refractivity contribution < 1.29 is 0 Å². The van der Waals surface area contributed by atoms with Crippen molar-refractivity contribution in [1.82, 2.24) is 19.7 Å². The molecule has 2 aromatic heterocycles. The average Bonchev–Trinajstić information content (AvgIpc) is 3.17. The van der Waals surface area contributed by atoms with Gasteiger partial charge in [0.25, 0.3) is 0 Å². The molecular formula is C14H15N5S. The van der Waals surface area contributed by atoms with Gasteiger partial charge < -0.3 is 5.32 Å². The molecule has 0 saturated carbocycles. The monoisotopic (exact) mass is 285 g/mol. The van der Waals surface area contributed by atoms with Crippen molar-refractivity contribution in [2.75, 3.05) is 5.32 Å². The highest BCUT2D eigenvalue weighted by molar-refractivity contribution is 7.11. The third-order valence-corrected chi connectivity index (χ3v) is 4.08. The molecule has 5 nitrogen and oxygen atoms in total. The highest BCUT2D eigenvalue weighted by Gasteiger charge is 2.01. The van der Waals surface area contributed by atoms with Crippen molar-refractivity contribution in [2.24, 2.45) is 0 Å². The SMILES string of the molecule is CCc1ncc(CNc2cccc(-n3cnnc3)c2)s1. The van der Waals surface area contributed by atoms with E-state index in [1.54, 1.807) is 24.0 Å². The van der Waals surface area contributed by atoms with Crippen molar-refractivity contribution >= 4 is 17.0 Å². The van der Waals surface area contributed by atoms with Crippen molar-refractivity contribution in [3.8, 4) is 5.69 Å². The van der Waals surface area contributed by atoms with Crippen LogP contribution in [-0.2, 0) is 13.0 Å². The van der Waals surface area contributed by atoms with Gasteiger partial charge in [-0.1, -0.05) is 13.0 Å². The summed E-state index contributed by atoms with van der Waals surface area (Å²) >= 11 is 1.76. The molecule has 1 aromatic carbocycles. The molecule has 0 fully saturated rings. The molecule has 6 heteroatoms. The molecule has 3 aromatic rings. The zero-order valence-electron chi connectivity index (χ0n) is 11.2. The average molecular weight is 285 g/mol. The molecule has 0 saturated heterocycles. The molecule has 102 valence electrons. The molecule has 0 bridgehead atoms. The van der Waals surface area contributed by atoms with Crippen LogP contribution in [0, 0.1) is 0 Å². The van der Waals surface area contributed by atoms with Gasteiger partial charge in [-0.2, -0.15) is 0 Å². The largest absolute Gasteiger partial charge is 0.380 e. The van der Waals surface area contributed by atoms with Gasteiger partial charge in [-0.05, 0) is 24.6 Å².